The van der Waals surface area contributed by atoms with Gasteiger partial charge in [-0.25, -0.2) is 9.67 Å². The Morgan fingerprint density at radius 1 is 1.39 bits per heavy atom. The van der Waals surface area contributed by atoms with Crippen LogP contribution in [0.4, 0.5) is 0 Å². The van der Waals surface area contributed by atoms with Crippen LogP contribution in [-0.4, -0.2) is 27.8 Å². The molecule has 1 aromatic heterocycles. The Morgan fingerprint density at radius 3 is 2.61 bits per heavy atom. The number of nitrogens with one attached hydrogen (secondary N) is 1. The smallest absolute Gasteiger partial charge is 0.252 e. The van der Waals surface area contributed by atoms with Crippen molar-refractivity contribution in [3.05, 3.63) is 42.0 Å². The maximum Gasteiger partial charge on any atom is 0.252 e. The highest BCUT2D eigenvalue weighted by Gasteiger charge is 2.19. The second-order valence-corrected chi connectivity index (χ2v) is 5.44. The van der Waals surface area contributed by atoms with Gasteiger partial charge in [0.05, 0.1) is 13.2 Å². The minimum Gasteiger partial charge on any atom is -0.497 e. The fourth-order valence-electron chi connectivity index (χ4n) is 2.23. The van der Waals surface area contributed by atoms with E-state index in [0.29, 0.717) is 0 Å². The predicted octanol–water partition coefficient (Wildman–Crippen LogP) is 1.67. The second-order valence-electron chi connectivity index (χ2n) is 5.44. The van der Waals surface area contributed by atoms with Gasteiger partial charge in [-0.3, -0.25) is 4.79 Å². The number of hydrogen-bond donors (Lipinski definition) is 1. The largest absolute Gasteiger partial charge is 0.497 e. The molecule has 1 amide bonds. The van der Waals surface area contributed by atoms with Gasteiger partial charge in [0, 0.05) is 0 Å². The molecule has 0 aliphatic heterocycles. The van der Waals surface area contributed by atoms with E-state index in [4.69, 9.17) is 10.00 Å². The third-order valence-electron chi connectivity index (χ3n) is 3.40. The monoisotopic (exact) mass is 313 g/mol. The number of carbonyl (C=O) groups excluding carboxylic acids is 1. The highest BCUT2D eigenvalue weighted by Crippen LogP contribution is 2.23. The summed E-state index contributed by atoms with van der Waals surface area (Å²) in [5.74, 6) is 0.856. The van der Waals surface area contributed by atoms with Crippen LogP contribution in [-0.2, 0) is 11.3 Å². The number of amides is 1. The molecule has 0 fully saturated rings. The van der Waals surface area contributed by atoms with Gasteiger partial charge in [0.25, 0.3) is 5.82 Å². The molecule has 7 nitrogen and oxygen atoms in total. The lowest BCUT2D eigenvalue weighted by atomic mass is 9.96. The van der Waals surface area contributed by atoms with Crippen molar-refractivity contribution in [1.82, 2.24) is 20.1 Å². The third kappa shape index (κ3) is 4.30. The van der Waals surface area contributed by atoms with E-state index in [1.165, 1.54) is 11.0 Å². The Morgan fingerprint density at radius 2 is 2.09 bits per heavy atom. The zero-order chi connectivity index (χ0) is 16.8. The summed E-state index contributed by atoms with van der Waals surface area (Å²) in [6.45, 7) is 4.10. The third-order valence-corrected chi connectivity index (χ3v) is 3.40. The number of methoxy groups -OCH3 is 1. The Labute approximate surface area is 134 Å². The predicted molar refractivity (Wildman–Crippen MR) is 83.5 cm³/mol. The summed E-state index contributed by atoms with van der Waals surface area (Å²) in [4.78, 5) is 16.0. The fraction of sp³-hybridized carbons (Fsp3) is 0.375. The molecule has 1 heterocycles. The molecule has 1 atom stereocenters. The Bertz CT molecular complexity index is 700. The lowest BCUT2D eigenvalue weighted by Gasteiger charge is -2.23. The van der Waals surface area contributed by atoms with E-state index >= 15 is 0 Å². The van der Waals surface area contributed by atoms with E-state index in [-0.39, 0.29) is 30.2 Å². The molecule has 0 saturated heterocycles. The summed E-state index contributed by atoms with van der Waals surface area (Å²) in [5, 5.41) is 15.6. The lowest BCUT2D eigenvalue weighted by molar-refractivity contribution is -0.122. The van der Waals surface area contributed by atoms with Gasteiger partial charge in [0.15, 0.2) is 0 Å². The minimum absolute atomic E-state index is 0.0219. The normalized spacial score (nSPS) is 11.8. The first-order valence-electron chi connectivity index (χ1n) is 7.26. The molecule has 23 heavy (non-hydrogen) atoms. The van der Waals surface area contributed by atoms with E-state index < -0.39 is 0 Å². The van der Waals surface area contributed by atoms with E-state index in [0.717, 1.165) is 11.3 Å². The quantitative estimate of drug-likeness (QED) is 0.875. The van der Waals surface area contributed by atoms with Gasteiger partial charge >= 0.3 is 0 Å². The summed E-state index contributed by atoms with van der Waals surface area (Å²) in [6, 6.07) is 9.32. The van der Waals surface area contributed by atoms with Crippen LogP contribution in [0.1, 0.15) is 31.3 Å². The number of rotatable bonds is 6. The van der Waals surface area contributed by atoms with Crippen LogP contribution in [0.15, 0.2) is 30.6 Å². The molecule has 0 saturated carbocycles. The first-order chi connectivity index (χ1) is 11.0. The summed E-state index contributed by atoms with van der Waals surface area (Å²) < 4.78 is 6.50. The van der Waals surface area contributed by atoms with E-state index in [9.17, 15) is 4.79 Å². The Hall–Kier alpha value is -2.88. The van der Waals surface area contributed by atoms with Gasteiger partial charge in [-0.1, -0.05) is 26.0 Å². The fourth-order valence-corrected chi connectivity index (χ4v) is 2.23. The summed E-state index contributed by atoms with van der Waals surface area (Å²) in [6.07, 6.45) is 1.37. The van der Waals surface area contributed by atoms with Crippen molar-refractivity contribution in [2.45, 2.75) is 26.4 Å². The van der Waals surface area contributed by atoms with Crippen LogP contribution < -0.4 is 10.1 Å². The zero-order valence-electron chi connectivity index (χ0n) is 13.4. The molecular weight excluding hydrogens is 294 g/mol. The number of aromatic nitrogens is 3. The molecule has 2 rings (SSSR count). The number of hydrogen-bond acceptors (Lipinski definition) is 5. The number of carbonyl (C=O) groups is 1. The van der Waals surface area contributed by atoms with Crippen LogP contribution in [0, 0.1) is 17.2 Å². The first-order valence-corrected chi connectivity index (χ1v) is 7.26. The average molecular weight is 313 g/mol. The number of benzene rings is 1. The molecule has 2 aromatic rings. The van der Waals surface area contributed by atoms with Crippen molar-refractivity contribution in [3.8, 4) is 11.8 Å². The maximum atomic E-state index is 12.2. The lowest BCUT2D eigenvalue weighted by Crippen LogP contribution is -2.34. The zero-order valence-corrected chi connectivity index (χ0v) is 13.4. The van der Waals surface area contributed by atoms with Gasteiger partial charge < -0.3 is 10.1 Å². The SMILES string of the molecule is COc1ccc([C@H](NC(=O)Cn2cnc(C#N)n2)C(C)C)cc1. The first kappa shape index (κ1) is 16.5. The van der Waals surface area contributed by atoms with E-state index in [1.54, 1.807) is 7.11 Å². The molecule has 0 bridgehead atoms. The van der Waals surface area contributed by atoms with E-state index in [2.05, 4.69) is 15.4 Å². The highest BCUT2D eigenvalue weighted by atomic mass is 16.5. The summed E-state index contributed by atoms with van der Waals surface area (Å²) in [5.41, 5.74) is 1.01. The molecular formula is C16H19N5O2. The van der Waals surface area contributed by atoms with E-state index in [1.807, 2.05) is 44.2 Å². The van der Waals surface area contributed by atoms with Gasteiger partial charge in [-0.05, 0) is 23.6 Å². The molecule has 120 valence electrons. The van der Waals surface area contributed by atoms with Crippen LogP contribution in [0.25, 0.3) is 0 Å². The van der Waals surface area contributed by atoms with Crippen LogP contribution in [0.5, 0.6) is 5.75 Å². The number of nitrogens with zero attached hydrogens (tertiary/aromatic N) is 4. The number of ether oxygens (including phenoxy) is 1. The molecule has 1 N–H and O–H groups in total. The van der Waals surface area contributed by atoms with Crippen LogP contribution in [0.2, 0.25) is 0 Å². The van der Waals surface area contributed by atoms with Crippen LogP contribution >= 0.6 is 0 Å². The Balaban J connectivity index is 2.06. The molecule has 1 aromatic carbocycles. The van der Waals surface area contributed by atoms with Crippen molar-refractivity contribution in [2.24, 2.45) is 5.92 Å². The maximum absolute atomic E-state index is 12.2. The molecule has 7 heteroatoms. The van der Waals surface area contributed by atoms with Gasteiger partial charge in [-0.2, -0.15) is 5.26 Å². The molecule has 0 aliphatic rings. The standard InChI is InChI=1S/C16H19N5O2/c1-11(2)16(12-4-6-13(23-3)7-5-12)19-15(22)9-21-10-18-14(8-17)20-21/h4-7,10-11,16H,9H2,1-3H3,(H,19,22)/t16-/m1/s1. The van der Waals surface area contributed by atoms with Gasteiger partial charge in [0.2, 0.25) is 5.91 Å². The molecule has 0 radical (unpaired) electrons. The van der Waals surface area contributed by atoms with Gasteiger partial charge in [0.1, 0.15) is 24.7 Å². The number of nitriles is 1. The van der Waals surface area contributed by atoms with Gasteiger partial charge in [-0.15, -0.1) is 5.10 Å². The summed E-state index contributed by atoms with van der Waals surface area (Å²) in [7, 11) is 1.62. The second kappa shape index (κ2) is 7.40. The minimum atomic E-state index is -0.186. The molecule has 0 spiro atoms. The Kier molecular flexibility index (Phi) is 5.31. The highest BCUT2D eigenvalue weighted by molar-refractivity contribution is 5.76. The average Bonchev–Trinajstić information content (AvgIpc) is 3.00. The summed E-state index contributed by atoms with van der Waals surface area (Å²) >= 11 is 0. The van der Waals surface area contributed by atoms with Crippen LogP contribution in [0.3, 0.4) is 0 Å². The van der Waals surface area contributed by atoms with Crippen molar-refractivity contribution in [1.29, 1.82) is 5.26 Å². The molecule has 0 aliphatic carbocycles. The topological polar surface area (TPSA) is 92.8 Å². The van der Waals surface area contributed by atoms with Crippen molar-refractivity contribution < 1.29 is 9.53 Å². The van der Waals surface area contributed by atoms with Crippen molar-refractivity contribution in [3.63, 3.8) is 0 Å². The molecule has 0 unspecified atom stereocenters. The van der Waals surface area contributed by atoms with Crippen molar-refractivity contribution >= 4 is 5.91 Å². The van der Waals surface area contributed by atoms with Crippen molar-refractivity contribution in [2.75, 3.05) is 7.11 Å².